The van der Waals surface area contributed by atoms with E-state index in [1.165, 1.54) is 131 Å². The fraction of sp³-hybridized carbons (Fsp3) is 0.0312. The molecule has 15 rings (SSSR count). The van der Waals surface area contributed by atoms with Gasteiger partial charge >= 0.3 is 0 Å². The van der Waals surface area contributed by atoms with Crippen molar-refractivity contribution < 1.29 is 0 Å². The SMILES string of the molecule is c1ccc(C2(c3ccccc3)c3cc4c(cc3-c3c2cc2ccc5cccc6ccc3c2c56)C(c2ccccc2)(c2ccccc2)c2cc3ccc5cccc6ccc(c2-4)c3c56)cc1. The largest absolute Gasteiger partial charge is 0.0714 e. The molecule has 0 N–H and O–H groups in total. The highest BCUT2D eigenvalue weighted by molar-refractivity contribution is 6.29. The van der Waals surface area contributed by atoms with Crippen molar-refractivity contribution in [3.8, 4) is 22.3 Å². The molecule has 0 aliphatic heterocycles. The summed E-state index contributed by atoms with van der Waals surface area (Å²) in [5.41, 5.74) is 14.6. The molecule has 13 aromatic rings. The Labute approximate surface area is 371 Å². The van der Waals surface area contributed by atoms with Gasteiger partial charge in [-0.1, -0.05) is 206 Å². The Bertz CT molecular complexity index is 3650. The summed E-state index contributed by atoms with van der Waals surface area (Å²) in [5, 5.41) is 15.7. The predicted molar refractivity (Wildman–Crippen MR) is 268 cm³/mol. The van der Waals surface area contributed by atoms with Gasteiger partial charge in [0.25, 0.3) is 0 Å². The van der Waals surface area contributed by atoms with Crippen LogP contribution < -0.4 is 0 Å². The lowest BCUT2D eigenvalue weighted by atomic mass is 9.65. The highest BCUT2D eigenvalue weighted by atomic mass is 14.5. The summed E-state index contributed by atoms with van der Waals surface area (Å²) >= 11 is 0. The fourth-order valence-corrected chi connectivity index (χ4v) is 13.0. The van der Waals surface area contributed by atoms with Crippen molar-refractivity contribution in [2.45, 2.75) is 10.8 Å². The first-order chi connectivity index (χ1) is 31.7. The van der Waals surface area contributed by atoms with E-state index in [-0.39, 0.29) is 0 Å². The van der Waals surface area contributed by atoms with Crippen LogP contribution in [0.5, 0.6) is 0 Å². The van der Waals surface area contributed by atoms with Gasteiger partial charge in [-0.05, 0) is 156 Å². The van der Waals surface area contributed by atoms with Crippen LogP contribution in [0.1, 0.15) is 44.5 Å². The summed E-state index contributed by atoms with van der Waals surface area (Å²) in [4.78, 5) is 0. The lowest BCUT2D eigenvalue weighted by Crippen LogP contribution is -2.30. The molecule has 2 aliphatic rings. The van der Waals surface area contributed by atoms with E-state index < -0.39 is 10.8 Å². The van der Waals surface area contributed by atoms with Crippen LogP contribution in [0, 0.1) is 0 Å². The van der Waals surface area contributed by atoms with Crippen molar-refractivity contribution in [1.82, 2.24) is 0 Å². The Balaban J connectivity index is 1.19. The van der Waals surface area contributed by atoms with Crippen molar-refractivity contribution in [1.29, 1.82) is 0 Å². The number of hydrogen-bond acceptors (Lipinski definition) is 0. The molecule has 0 unspecified atom stereocenters. The van der Waals surface area contributed by atoms with E-state index in [0.29, 0.717) is 0 Å². The highest BCUT2D eigenvalue weighted by Gasteiger charge is 2.52. The van der Waals surface area contributed by atoms with Gasteiger partial charge in [0.2, 0.25) is 0 Å². The van der Waals surface area contributed by atoms with Crippen LogP contribution in [-0.2, 0) is 10.8 Å². The highest BCUT2D eigenvalue weighted by Crippen LogP contribution is 2.65. The maximum atomic E-state index is 2.65. The van der Waals surface area contributed by atoms with Crippen molar-refractivity contribution in [2.24, 2.45) is 0 Å². The molecule has 0 saturated carbocycles. The first-order valence-electron chi connectivity index (χ1n) is 22.6. The third-order valence-electron chi connectivity index (χ3n) is 15.4. The monoisotopic (exact) mass is 806 g/mol. The van der Waals surface area contributed by atoms with E-state index in [1.807, 2.05) is 0 Å². The van der Waals surface area contributed by atoms with Gasteiger partial charge in [0.1, 0.15) is 0 Å². The van der Waals surface area contributed by atoms with Crippen LogP contribution >= 0.6 is 0 Å². The standard InChI is InChI=1S/C64H38/c1-5-19-45(20-6-1)63(46-21-7-2-8-22-46)53-37-52-54(38-51(53)61-49-33-31-41-17-13-15-39-27-29-43(35-55(61)63)59(49)57(39)41)64(47-23-9-3-10-24-47,48-25-11-4-12-26-48)56-36-44-30-28-40-16-14-18-42-32-34-50(62(52)56)60(44)58(40)42/h1-38H. The molecule has 0 atom stereocenters. The Morgan fingerprint density at radius 2 is 0.531 bits per heavy atom. The molecule has 0 saturated heterocycles. The van der Waals surface area contributed by atoms with Gasteiger partial charge in [0, 0.05) is 0 Å². The fourth-order valence-electron chi connectivity index (χ4n) is 13.0. The summed E-state index contributed by atoms with van der Waals surface area (Å²) in [6, 6.07) is 88.2. The molecule has 2 aliphatic carbocycles. The molecular weight excluding hydrogens is 769 g/mol. The van der Waals surface area contributed by atoms with E-state index in [0.717, 1.165) is 0 Å². The molecule has 0 aromatic heterocycles. The van der Waals surface area contributed by atoms with Crippen molar-refractivity contribution in [2.75, 3.05) is 0 Å². The van der Waals surface area contributed by atoms with Crippen LogP contribution in [0.15, 0.2) is 231 Å². The van der Waals surface area contributed by atoms with Gasteiger partial charge in [-0.2, -0.15) is 0 Å². The topological polar surface area (TPSA) is 0 Å². The third-order valence-corrected chi connectivity index (χ3v) is 15.4. The van der Waals surface area contributed by atoms with E-state index >= 15 is 0 Å². The Hall–Kier alpha value is -8.06. The number of rotatable bonds is 4. The second-order valence-corrected chi connectivity index (χ2v) is 18.2. The summed E-state index contributed by atoms with van der Waals surface area (Å²) in [6.45, 7) is 0. The zero-order valence-corrected chi connectivity index (χ0v) is 34.9. The Morgan fingerprint density at radius 3 is 0.875 bits per heavy atom. The van der Waals surface area contributed by atoms with Crippen molar-refractivity contribution in [3.63, 3.8) is 0 Å². The first kappa shape index (κ1) is 34.5. The van der Waals surface area contributed by atoms with Crippen LogP contribution in [0.25, 0.3) is 86.9 Å². The van der Waals surface area contributed by atoms with Gasteiger partial charge in [-0.15, -0.1) is 0 Å². The van der Waals surface area contributed by atoms with Gasteiger partial charge < -0.3 is 0 Å². The molecule has 0 amide bonds. The minimum Gasteiger partial charge on any atom is -0.0622 e. The van der Waals surface area contributed by atoms with E-state index in [2.05, 4.69) is 231 Å². The number of hydrogen-bond donors (Lipinski definition) is 0. The van der Waals surface area contributed by atoms with E-state index in [9.17, 15) is 0 Å². The zero-order chi connectivity index (χ0) is 41.7. The molecule has 0 heteroatoms. The Kier molecular flexibility index (Phi) is 6.64. The van der Waals surface area contributed by atoms with Crippen molar-refractivity contribution in [3.05, 3.63) is 275 Å². The smallest absolute Gasteiger partial charge is 0.0622 e. The molecular formula is C64H38. The summed E-state index contributed by atoms with van der Waals surface area (Å²) in [7, 11) is 0. The van der Waals surface area contributed by atoms with Crippen LogP contribution in [-0.4, -0.2) is 0 Å². The molecule has 0 fully saturated rings. The molecule has 13 aromatic carbocycles. The Morgan fingerprint density at radius 1 is 0.219 bits per heavy atom. The second-order valence-electron chi connectivity index (χ2n) is 18.2. The van der Waals surface area contributed by atoms with E-state index in [1.54, 1.807) is 0 Å². The summed E-state index contributed by atoms with van der Waals surface area (Å²) < 4.78 is 0. The molecule has 294 valence electrons. The number of benzene rings is 13. The summed E-state index contributed by atoms with van der Waals surface area (Å²) in [6.07, 6.45) is 0. The molecule has 0 radical (unpaired) electrons. The normalized spacial score (nSPS) is 14.5. The molecule has 0 heterocycles. The lowest BCUT2D eigenvalue weighted by Gasteiger charge is -2.35. The van der Waals surface area contributed by atoms with Gasteiger partial charge in [0.05, 0.1) is 10.8 Å². The van der Waals surface area contributed by atoms with E-state index in [4.69, 9.17) is 0 Å². The lowest BCUT2D eigenvalue weighted by molar-refractivity contribution is 0.760. The second kappa shape index (κ2) is 12.3. The van der Waals surface area contributed by atoms with Gasteiger partial charge in [-0.25, -0.2) is 0 Å². The quantitative estimate of drug-likeness (QED) is 0.155. The summed E-state index contributed by atoms with van der Waals surface area (Å²) in [5.74, 6) is 0. The average molecular weight is 807 g/mol. The maximum Gasteiger partial charge on any atom is 0.0714 e. The predicted octanol–water partition coefficient (Wildman–Crippen LogP) is 16.2. The maximum absolute atomic E-state index is 2.65. The molecule has 0 nitrogen and oxygen atoms in total. The average Bonchev–Trinajstić information content (AvgIpc) is 3.82. The van der Waals surface area contributed by atoms with Crippen LogP contribution in [0.4, 0.5) is 0 Å². The first-order valence-corrected chi connectivity index (χ1v) is 22.6. The zero-order valence-electron chi connectivity index (χ0n) is 34.9. The molecule has 0 spiro atoms. The third kappa shape index (κ3) is 4.10. The molecule has 64 heavy (non-hydrogen) atoms. The number of fused-ring (bicyclic) bond motifs is 8. The van der Waals surface area contributed by atoms with Gasteiger partial charge in [0.15, 0.2) is 0 Å². The van der Waals surface area contributed by atoms with Crippen LogP contribution in [0.2, 0.25) is 0 Å². The van der Waals surface area contributed by atoms with Crippen molar-refractivity contribution >= 4 is 64.6 Å². The minimum atomic E-state index is -0.596. The van der Waals surface area contributed by atoms with Crippen LogP contribution in [0.3, 0.4) is 0 Å². The van der Waals surface area contributed by atoms with Gasteiger partial charge in [-0.3, -0.25) is 0 Å². The molecule has 0 bridgehead atoms. The minimum absolute atomic E-state index is 0.596.